The molecule has 0 radical (unpaired) electrons. The largest absolute Gasteiger partial charge is 0.465 e. The second-order valence-corrected chi connectivity index (χ2v) is 8.59. The maximum atomic E-state index is 13.0. The maximum Gasteiger partial charge on any atom is 0.317 e. The van der Waals surface area contributed by atoms with Crippen LogP contribution in [0.5, 0.6) is 0 Å². The summed E-state index contributed by atoms with van der Waals surface area (Å²) in [5.41, 5.74) is 0. The zero-order chi connectivity index (χ0) is 21.6. The van der Waals surface area contributed by atoms with Crippen molar-refractivity contribution in [2.45, 2.75) is 73.8 Å². The normalized spacial score (nSPS) is 25.5. The molecule has 6 nitrogen and oxygen atoms in total. The maximum absolute atomic E-state index is 13.0. The third-order valence-electron chi connectivity index (χ3n) is 5.95. The van der Waals surface area contributed by atoms with E-state index in [1.165, 1.54) is 13.8 Å². The molecule has 28 heavy (non-hydrogen) atoms. The van der Waals surface area contributed by atoms with E-state index in [0.29, 0.717) is 11.8 Å². The average molecular weight is 397 g/mol. The van der Waals surface area contributed by atoms with Crippen LogP contribution in [0.3, 0.4) is 0 Å². The van der Waals surface area contributed by atoms with E-state index in [4.69, 9.17) is 9.47 Å². The van der Waals surface area contributed by atoms with Crippen molar-refractivity contribution in [2.24, 2.45) is 35.5 Å². The minimum atomic E-state index is -1.16. The molecule has 1 saturated carbocycles. The summed E-state index contributed by atoms with van der Waals surface area (Å²) in [6, 6.07) is 0. The molecule has 0 N–H and O–H groups in total. The number of Topliss-reactive ketones (excluding diaryl/α,β-unsaturated/α-hetero) is 2. The standard InChI is InChI=1S/C22H36O6/c1-8-27-21(25)19(15(6)23)14(5)20(16(7)24)22(26)28-18-11-13(4)9-10-17(18)12(2)3/h12-14,17-20H,8-11H2,1-7H3/t13-,14+,17-,18-,19-,20+/m1/s1. The quantitative estimate of drug-likeness (QED) is 0.437. The fraction of sp³-hybridized carbons (Fsp3) is 0.818. The first-order valence-corrected chi connectivity index (χ1v) is 10.4. The first kappa shape index (κ1) is 24.3. The predicted molar refractivity (Wildman–Crippen MR) is 105 cm³/mol. The molecule has 1 aliphatic rings. The third kappa shape index (κ3) is 6.14. The van der Waals surface area contributed by atoms with Crippen LogP contribution in [-0.2, 0) is 28.7 Å². The second kappa shape index (κ2) is 10.7. The van der Waals surface area contributed by atoms with Crippen molar-refractivity contribution >= 4 is 23.5 Å². The van der Waals surface area contributed by atoms with Crippen LogP contribution in [0.4, 0.5) is 0 Å². The number of ketones is 2. The SMILES string of the molecule is CCOC(=O)[C@@H](C(C)=O)[C@H](C)[C@@H](C(C)=O)C(=O)O[C@@H]1C[C@H](C)CC[C@@H]1C(C)C. The molecule has 6 atom stereocenters. The molecule has 6 heteroatoms. The third-order valence-corrected chi connectivity index (χ3v) is 5.95. The van der Waals surface area contributed by atoms with Crippen LogP contribution in [0.1, 0.15) is 67.7 Å². The number of hydrogen-bond donors (Lipinski definition) is 0. The second-order valence-electron chi connectivity index (χ2n) is 8.59. The zero-order valence-corrected chi connectivity index (χ0v) is 18.3. The number of carbonyl (C=O) groups excluding carboxylic acids is 4. The molecule has 0 aromatic heterocycles. The Labute approximate surface area is 168 Å². The van der Waals surface area contributed by atoms with Crippen molar-refractivity contribution in [1.29, 1.82) is 0 Å². The van der Waals surface area contributed by atoms with Crippen molar-refractivity contribution in [3.05, 3.63) is 0 Å². The van der Waals surface area contributed by atoms with Crippen LogP contribution in [0.25, 0.3) is 0 Å². The summed E-state index contributed by atoms with van der Waals surface area (Å²) in [5.74, 6) is -4.25. The van der Waals surface area contributed by atoms with Gasteiger partial charge < -0.3 is 9.47 Å². The van der Waals surface area contributed by atoms with Crippen LogP contribution in [0.2, 0.25) is 0 Å². The van der Waals surface area contributed by atoms with Gasteiger partial charge in [-0.25, -0.2) is 0 Å². The van der Waals surface area contributed by atoms with E-state index < -0.39 is 41.3 Å². The number of ether oxygens (including phenoxy) is 2. The van der Waals surface area contributed by atoms with E-state index in [1.807, 2.05) is 0 Å². The molecular weight excluding hydrogens is 360 g/mol. The van der Waals surface area contributed by atoms with Gasteiger partial charge in [-0.3, -0.25) is 19.2 Å². The smallest absolute Gasteiger partial charge is 0.317 e. The summed E-state index contributed by atoms with van der Waals surface area (Å²) >= 11 is 0. The van der Waals surface area contributed by atoms with Crippen LogP contribution in [0, 0.1) is 35.5 Å². The Hall–Kier alpha value is -1.72. The fourth-order valence-corrected chi connectivity index (χ4v) is 4.40. The van der Waals surface area contributed by atoms with Crippen molar-refractivity contribution in [1.82, 2.24) is 0 Å². The van der Waals surface area contributed by atoms with E-state index in [1.54, 1.807) is 13.8 Å². The molecular formula is C22H36O6. The molecule has 0 saturated heterocycles. The first-order chi connectivity index (χ1) is 13.0. The number of carbonyl (C=O) groups is 4. The van der Waals surface area contributed by atoms with Gasteiger partial charge in [-0.1, -0.05) is 34.1 Å². The van der Waals surface area contributed by atoms with Crippen molar-refractivity contribution in [3.63, 3.8) is 0 Å². The lowest BCUT2D eigenvalue weighted by atomic mass is 9.75. The Balaban J connectivity index is 3.05. The molecule has 0 spiro atoms. The predicted octanol–water partition coefficient (Wildman–Crippen LogP) is 3.60. The van der Waals surface area contributed by atoms with E-state index in [0.717, 1.165) is 19.3 Å². The Morgan fingerprint density at radius 1 is 0.929 bits per heavy atom. The number of esters is 2. The Morgan fingerprint density at radius 3 is 1.93 bits per heavy atom. The fourth-order valence-electron chi connectivity index (χ4n) is 4.40. The average Bonchev–Trinajstić information content (AvgIpc) is 2.54. The van der Waals surface area contributed by atoms with Crippen LogP contribution in [-0.4, -0.2) is 36.2 Å². The summed E-state index contributed by atoms with van der Waals surface area (Å²) in [6.45, 7) is 12.3. The van der Waals surface area contributed by atoms with Crippen LogP contribution < -0.4 is 0 Å². The van der Waals surface area contributed by atoms with Gasteiger partial charge in [0.25, 0.3) is 0 Å². The van der Waals surface area contributed by atoms with Gasteiger partial charge in [0.05, 0.1) is 6.61 Å². The van der Waals surface area contributed by atoms with E-state index in [2.05, 4.69) is 20.8 Å². The van der Waals surface area contributed by atoms with Crippen molar-refractivity contribution in [3.8, 4) is 0 Å². The van der Waals surface area contributed by atoms with Gasteiger partial charge in [-0.15, -0.1) is 0 Å². The molecule has 1 fully saturated rings. The summed E-state index contributed by atoms with van der Waals surface area (Å²) in [5, 5.41) is 0. The first-order valence-electron chi connectivity index (χ1n) is 10.4. The van der Waals surface area contributed by atoms with Crippen LogP contribution >= 0.6 is 0 Å². The molecule has 1 rings (SSSR count). The lowest BCUT2D eigenvalue weighted by Gasteiger charge is -2.37. The van der Waals surface area contributed by atoms with Gasteiger partial charge in [-0.2, -0.15) is 0 Å². The van der Waals surface area contributed by atoms with Gasteiger partial charge in [0.1, 0.15) is 29.5 Å². The van der Waals surface area contributed by atoms with E-state index in [9.17, 15) is 19.2 Å². The van der Waals surface area contributed by atoms with E-state index >= 15 is 0 Å². The highest BCUT2D eigenvalue weighted by molar-refractivity contribution is 6.02. The number of rotatable bonds is 9. The summed E-state index contributed by atoms with van der Waals surface area (Å²) in [4.78, 5) is 49.6. The van der Waals surface area contributed by atoms with Gasteiger partial charge in [0.2, 0.25) is 0 Å². The molecule has 0 unspecified atom stereocenters. The highest BCUT2D eigenvalue weighted by atomic mass is 16.5. The summed E-state index contributed by atoms with van der Waals surface area (Å²) in [7, 11) is 0. The molecule has 0 aliphatic heterocycles. The monoisotopic (exact) mass is 396 g/mol. The summed E-state index contributed by atoms with van der Waals surface area (Å²) in [6.07, 6.45) is 2.60. The lowest BCUT2D eigenvalue weighted by molar-refractivity contribution is -0.167. The summed E-state index contributed by atoms with van der Waals surface area (Å²) < 4.78 is 10.8. The Morgan fingerprint density at radius 2 is 1.46 bits per heavy atom. The topological polar surface area (TPSA) is 86.7 Å². The van der Waals surface area contributed by atoms with Crippen LogP contribution in [0.15, 0.2) is 0 Å². The van der Waals surface area contributed by atoms with Crippen molar-refractivity contribution < 1.29 is 28.7 Å². The highest BCUT2D eigenvalue weighted by Gasteiger charge is 2.43. The van der Waals surface area contributed by atoms with Gasteiger partial charge >= 0.3 is 11.9 Å². The molecule has 0 heterocycles. The minimum Gasteiger partial charge on any atom is -0.465 e. The minimum absolute atomic E-state index is 0.126. The zero-order valence-electron chi connectivity index (χ0n) is 18.3. The van der Waals surface area contributed by atoms with E-state index in [-0.39, 0.29) is 18.6 Å². The van der Waals surface area contributed by atoms with Gasteiger partial charge in [0.15, 0.2) is 0 Å². The van der Waals surface area contributed by atoms with Gasteiger partial charge in [-0.05, 0) is 57.3 Å². The molecule has 160 valence electrons. The molecule has 1 aliphatic carbocycles. The van der Waals surface area contributed by atoms with Gasteiger partial charge in [0, 0.05) is 0 Å². The lowest BCUT2D eigenvalue weighted by Crippen LogP contribution is -2.43. The Bertz CT molecular complexity index is 582. The molecule has 0 amide bonds. The Kier molecular flexibility index (Phi) is 9.31. The highest BCUT2D eigenvalue weighted by Crippen LogP contribution is 2.36. The molecule has 0 aromatic carbocycles. The number of hydrogen-bond acceptors (Lipinski definition) is 6. The molecule has 0 bridgehead atoms. The molecule has 0 aromatic rings. The van der Waals surface area contributed by atoms with Crippen molar-refractivity contribution in [2.75, 3.05) is 6.61 Å².